The van der Waals surface area contributed by atoms with Gasteiger partial charge in [0, 0.05) is 0 Å². The predicted octanol–water partition coefficient (Wildman–Crippen LogP) is 2.40. The zero-order valence-electron chi connectivity index (χ0n) is 7.04. The second-order valence-corrected chi connectivity index (χ2v) is 3.11. The van der Waals surface area contributed by atoms with Gasteiger partial charge in [-0.05, 0) is 12.1 Å². The lowest BCUT2D eigenvalue weighted by Crippen LogP contribution is -2.08. The molecule has 0 fully saturated rings. The van der Waals surface area contributed by atoms with Crippen molar-refractivity contribution in [3.8, 4) is 5.75 Å². The fraction of sp³-hybridized carbons (Fsp3) is 0.125. The molecule has 15 heavy (non-hydrogen) atoms. The molecule has 0 saturated heterocycles. The summed E-state index contributed by atoms with van der Waals surface area (Å²) in [4.78, 5) is 9.67. The van der Waals surface area contributed by atoms with Crippen molar-refractivity contribution in [2.45, 2.75) is 11.1 Å². The molecular weight excluding hydrogens is 233 g/mol. The first-order valence-corrected chi connectivity index (χ1v) is 4.05. The van der Waals surface area contributed by atoms with Gasteiger partial charge in [-0.25, -0.2) is 4.79 Å². The zero-order valence-corrected chi connectivity index (χ0v) is 7.93. The lowest BCUT2D eigenvalue weighted by molar-refractivity contribution is -0.139. The molecule has 3 nitrogen and oxygen atoms in total. The van der Waals surface area contributed by atoms with Gasteiger partial charge in [0.2, 0.25) is 0 Å². The van der Waals surface area contributed by atoms with E-state index < -0.39 is 33.9 Å². The summed E-state index contributed by atoms with van der Waals surface area (Å²) in [6.45, 7) is 0. The number of aromatic carboxylic acids is 1. The van der Waals surface area contributed by atoms with Crippen LogP contribution in [0.3, 0.4) is 0 Å². The molecule has 0 heterocycles. The highest BCUT2D eigenvalue weighted by Gasteiger charge is 2.34. The van der Waals surface area contributed by atoms with Crippen molar-refractivity contribution in [3.05, 3.63) is 23.3 Å². The minimum Gasteiger partial charge on any atom is -0.506 e. The minimum atomic E-state index is -4.68. The smallest absolute Gasteiger partial charge is 0.417 e. The number of carboxylic acid groups (broad SMARTS) is 1. The number of carbonyl (C=O) groups is 1. The molecule has 0 unspecified atom stereocenters. The number of benzene rings is 1. The van der Waals surface area contributed by atoms with Crippen LogP contribution < -0.4 is 0 Å². The first-order valence-electron chi connectivity index (χ1n) is 3.60. The molecule has 0 saturated carbocycles. The molecule has 0 spiro atoms. The van der Waals surface area contributed by atoms with E-state index in [1.165, 1.54) is 0 Å². The van der Waals surface area contributed by atoms with Gasteiger partial charge in [-0.15, -0.1) is 12.6 Å². The lowest BCUT2D eigenvalue weighted by atomic mass is 10.1. The third-order valence-corrected chi connectivity index (χ3v) is 2.14. The molecular formula is C8H5F3O3S. The third-order valence-electron chi connectivity index (χ3n) is 1.69. The fourth-order valence-corrected chi connectivity index (χ4v) is 1.30. The van der Waals surface area contributed by atoms with Crippen LogP contribution in [0.25, 0.3) is 0 Å². The average Bonchev–Trinajstić information content (AvgIpc) is 2.06. The van der Waals surface area contributed by atoms with E-state index in [0.717, 1.165) is 0 Å². The Morgan fingerprint density at radius 1 is 1.33 bits per heavy atom. The first-order chi connectivity index (χ1) is 6.75. The number of aromatic hydroxyl groups is 1. The van der Waals surface area contributed by atoms with Crippen molar-refractivity contribution >= 4 is 18.6 Å². The summed E-state index contributed by atoms with van der Waals surface area (Å²) in [7, 11) is 0. The Kier molecular flexibility index (Phi) is 2.85. The molecule has 0 aliphatic heterocycles. The number of phenols is 1. The Labute approximate surface area is 87.6 Å². The number of rotatable bonds is 1. The standard InChI is InChI=1S/C8H5F3O3S/c9-8(10,11)4-2-1-3(7(13)14)5(12)6(4)15/h1-2,12,15H,(H,13,14). The van der Waals surface area contributed by atoms with E-state index in [4.69, 9.17) is 10.2 Å². The first kappa shape index (κ1) is 11.7. The molecule has 0 amide bonds. The summed E-state index contributed by atoms with van der Waals surface area (Å²) in [5, 5.41) is 17.7. The number of thiol groups is 1. The van der Waals surface area contributed by atoms with E-state index in [-0.39, 0.29) is 0 Å². The SMILES string of the molecule is O=C(O)c1ccc(C(F)(F)F)c(S)c1O. The van der Waals surface area contributed by atoms with Crippen LogP contribution in [-0.4, -0.2) is 16.2 Å². The molecule has 1 aromatic carbocycles. The Hall–Kier alpha value is -1.37. The van der Waals surface area contributed by atoms with Crippen molar-refractivity contribution in [1.82, 2.24) is 0 Å². The molecule has 0 aromatic heterocycles. The maximum absolute atomic E-state index is 12.3. The molecule has 0 bridgehead atoms. The second-order valence-electron chi connectivity index (χ2n) is 2.66. The molecule has 82 valence electrons. The van der Waals surface area contributed by atoms with Crippen LogP contribution >= 0.6 is 12.6 Å². The molecule has 0 atom stereocenters. The molecule has 7 heteroatoms. The zero-order chi connectivity index (χ0) is 11.8. The number of alkyl halides is 3. The van der Waals surface area contributed by atoms with Gasteiger partial charge in [-0.1, -0.05) is 0 Å². The van der Waals surface area contributed by atoms with Gasteiger partial charge in [0.15, 0.2) is 0 Å². The third kappa shape index (κ3) is 2.17. The normalized spacial score (nSPS) is 11.5. The molecule has 1 rings (SSSR count). The minimum absolute atomic E-state index is 0.561. The average molecular weight is 238 g/mol. The van der Waals surface area contributed by atoms with Crippen LogP contribution in [-0.2, 0) is 6.18 Å². The van der Waals surface area contributed by atoms with Crippen molar-refractivity contribution in [1.29, 1.82) is 0 Å². The van der Waals surface area contributed by atoms with Crippen LogP contribution in [0.4, 0.5) is 13.2 Å². The van der Waals surface area contributed by atoms with Gasteiger partial charge in [0.1, 0.15) is 11.3 Å². The number of hydrogen-bond acceptors (Lipinski definition) is 3. The Balaban J connectivity index is 3.41. The maximum atomic E-state index is 12.3. The lowest BCUT2D eigenvalue weighted by Gasteiger charge is -2.11. The van der Waals surface area contributed by atoms with Crippen LogP contribution in [0.2, 0.25) is 0 Å². The van der Waals surface area contributed by atoms with E-state index in [1.54, 1.807) is 0 Å². The van der Waals surface area contributed by atoms with Gasteiger partial charge < -0.3 is 10.2 Å². The van der Waals surface area contributed by atoms with Crippen molar-refractivity contribution in [3.63, 3.8) is 0 Å². The Morgan fingerprint density at radius 2 is 1.87 bits per heavy atom. The number of carboxylic acids is 1. The molecule has 2 N–H and O–H groups in total. The second kappa shape index (κ2) is 3.65. The summed E-state index contributed by atoms with van der Waals surface area (Å²) in [6.07, 6.45) is -4.68. The van der Waals surface area contributed by atoms with Crippen molar-refractivity contribution < 1.29 is 28.2 Å². The van der Waals surface area contributed by atoms with Crippen molar-refractivity contribution in [2.24, 2.45) is 0 Å². The molecule has 0 aliphatic rings. The fourth-order valence-electron chi connectivity index (χ4n) is 0.981. The van der Waals surface area contributed by atoms with E-state index >= 15 is 0 Å². The quantitative estimate of drug-likeness (QED) is 0.658. The van der Waals surface area contributed by atoms with Gasteiger partial charge in [-0.2, -0.15) is 13.2 Å². The Morgan fingerprint density at radius 3 is 2.27 bits per heavy atom. The maximum Gasteiger partial charge on any atom is 0.417 e. The van der Waals surface area contributed by atoms with Crippen LogP contribution in [0.15, 0.2) is 17.0 Å². The number of halogens is 3. The highest BCUT2D eigenvalue weighted by molar-refractivity contribution is 7.80. The van der Waals surface area contributed by atoms with Gasteiger partial charge in [0.25, 0.3) is 0 Å². The van der Waals surface area contributed by atoms with Crippen molar-refractivity contribution in [2.75, 3.05) is 0 Å². The molecule has 0 radical (unpaired) electrons. The Bertz CT molecular complexity index is 414. The predicted molar refractivity (Wildman–Crippen MR) is 47.3 cm³/mol. The summed E-state index contributed by atoms with van der Waals surface area (Å²) in [5.41, 5.74) is -1.79. The summed E-state index contributed by atoms with van der Waals surface area (Å²) < 4.78 is 36.8. The van der Waals surface area contributed by atoms with E-state index in [9.17, 15) is 18.0 Å². The summed E-state index contributed by atoms with van der Waals surface area (Å²) in [5.74, 6) is -2.50. The topological polar surface area (TPSA) is 57.5 Å². The molecule has 0 aliphatic carbocycles. The van der Waals surface area contributed by atoms with E-state index in [1.807, 2.05) is 0 Å². The van der Waals surface area contributed by atoms with Gasteiger partial charge in [0.05, 0.1) is 10.5 Å². The van der Waals surface area contributed by atoms with E-state index in [2.05, 4.69) is 12.6 Å². The number of hydrogen-bond donors (Lipinski definition) is 3. The monoisotopic (exact) mass is 238 g/mol. The van der Waals surface area contributed by atoms with Crippen LogP contribution in [0, 0.1) is 0 Å². The largest absolute Gasteiger partial charge is 0.506 e. The van der Waals surface area contributed by atoms with Gasteiger partial charge >= 0.3 is 12.1 Å². The van der Waals surface area contributed by atoms with Gasteiger partial charge in [-0.3, -0.25) is 0 Å². The molecule has 1 aromatic rings. The van der Waals surface area contributed by atoms with Crippen LogP contribution in [0.1, 0.15) is 15.9 Å². The highest BCUT2D eigenvalue weighted by atomic mass is 32.1. The van der Waals surface area contributed by atoms with E-state index in [0.29, 0.717) is 12.1 Å². The summed E-state index contributed by atoms with van der Waals surface area (Å²) in [6, 6.07) is 1.24. The highest BCUT2D eigenvalue weighted by Crippen LogP contribution is 2.39. The summed E-state index contributed by atoms with van der Waals surface area (Å²) >= 11 is 3.44. The van der Waals surface area contributed by atoms with Crippen LogP contribution in [0.5, 0.6) is 5.75 Å².